The van der Waals surface area contributed by atoms with Gasteiger partial charge >= 0.3 is 59.1 Å². The SMILES string of the molecule is O=C([S-])NCCNC(=O)[S-].[Na+].[Na+]. The molecular weight excluding hydrogens is 218 g/mol. The molecule has 4 nitrogen and oxygen atoms in total. The zero-order valence-corrected chi connectivity index (χ0v) is 12.7. The molecule has 0 saturated heterocycles. The Balaban J connectivity index is -0.000000405. The molecule has 0 rings (SSSR count). The van der Waals surface area contributed by atoms with Gasteiger partial charge in [-0.1, -0.05) is 0 Å². The van der Waals surface area contributed by atoms with Crippen molar-refractivity contribution in [3.63, 3.8) is 0 Å². The third-order valence-electron chi connectivity index (χ3n) is 0.664. The van der Waals surface area contributed by atoms with Crippen molar-refractivity contribution in [2.45, 2.75) is 0 Å². The van der Waals surface area contributed by atoms with Crippen molar-refractivity contribution < 1.29 is 68.7 Å². The summed E-state index contributed by atoms with van der Waals surface area (Å²) in [6, 6.07) is 0. The summed E-state index contributed by atoms with van der Waals surface area (Å²) in [5, 5.41) is 3.57. The summed E-state index contributed by atoms with van der Waals surface area (Å²) in [6.45, 7) is 0.648. The molecule has 0 fully saturated rings. The maximum Gasteiger partial charge on any atom is 1.00 e. The molecule has 8 heteroatoms. The minimum Gasteiger partial charge on any atom is -0.719 e. The summed E-state index contributed by atoms with van der Waals surface area (Å²) >= 11 is 8.34. The summed E-state index contributed by atoms with van der Waals surface area (Å²) in [6.07, 6.45) is 0. The average Bonchev–Trinajstić information content (AvgIpc) is 1.79. The first kappa shape index (κ1) is 19.0. The van der Waals surface area contributed by atoms with E-state index in [0.717, 1.165) is 0 Å². The van der Waals surface area contributed by atoms with E-state index >= 15 is 0 Å². The molecule has 0 bridgehead atoms. The van der Waals surface area contributed by atoms with Gasteiger partial charge < -0.3 is 45.5 Å². The molecule has 58 valence electrons. The normalized spacial score (nSPS) is 7.00. The molecule has 0 spiro atoms. The second kappa shape index (κ2) is 12.4. The average molecular weight is 224 g/mol. The molecule has 0 aromatic carbocycles. The third-order valence-corrected chi connectivity index (χ3v) is 0.952. The minimum absolute atomic E-state index is 0. The first-order valence-corrected chi connectivity index (χ1v) is 3.34. The van der Waals surface area contributed by atoms with Crippen LogP contribution in [0.25, 0.3) is 0 Å². The van der Waals surface area contributed by atoms with Crippen LogP contribution in [0.1, 0.15) is 0 Å². The van der Waals surface area contributed by atoms with E-state index in [-0.39, 0.29) is 59.1 Å². The van der Waals surface area contributed by atoms with Gasteiger partial charge in [0.25, 0.3) is 0 Å². The summed E-state index contributed by atoms with van der Waals surface area (Å²) in [5.74, 6) is 0. The van der Waals surface area contributed by atoms with Gasteiger partial charge in [-0.05, 0) is 0 Å². The fourth-order valence-corrected chi connectivity index (χ4v) is 0.533. The van der Waals surface area contributed by atoms with Crippen LogP contribution in [-0.2, 0) is 25.3 Å². The maximum absolute atomic E-state index is 10.1. The number of amides is 2. The molecule has 0 unspecified atom stereocenters. The van der Waals surface area contributed by atoms with Crippen molar-refractivity contribution in [2.75, 3.05) is 13.1 Å². The van der Waals surface area contributed by atoms with E-state index in [1.165, 1.54) is 0 Å². The zero-order chi connectivity index (χ0) is 7.98. The molecule has 0 aromatic heterocycles. The molecule has 2 amide bonds. The number of hydrogen-bond acceptors (Lipinski definition) is 4. The molecule has 2 N–H and O–H groups in total. The van der Waals surface area contributed by atoms with Gasteiger partial charge in [0.15, 0.2) is 0 Å². The largest absolute Gasteiger partial charge is 1.00 e. The molecule has 0 atom stereocenters. The topological polar surface area (TPSA) is 58.2 Å². The van der Waals surface area contributed by atoms with Gasteiger partial charge in [0.1, 0.15) is 0 Å². The second-order valence-corrected chi connectivity index (χ2v) is 2.17. The van der Waals surface area contributed by atoms with Gasteiger partial charge in [0.05, 0.1) is 10.5 Å². The van der Waals surface area contributed by atoms with Crippen molar-refractivity contribution in [1.82, 2.24) is 10.6 Å². The predicted molar refractivity (Wildman–Crippen MR) is 41.5 cm³/mol. The second-order valence-electron chi connectivity index (χ2n) is 1.43. The van der Waals surface area contributed by atoms with Crippen molar-refractivity contribution in [3.8, 4) is 0 Å². The van der Waals surface area contributed by atoms with Gasteiger partial charge in [0, 0.05) is 13.1 Å². The molecule has 12 heavy (non-hydrogen) atoms. The van der Waals surface area contributed by atoms with Crippen LogP contribution < -0.4 is 69.7 Å². The van der Waals surface area contributed by atoms with Crippen LogP contribution in [0, 0.1) is 0 Å². The Kier molecular flexibility index (Phi) is 19.6. The maximum atomic E-state index is 10.1. The standard InChI is InChI=1S/C4H8N2O2S2.2Na/c7-3(9)5-1-2-6-4(8)10;;/h1-2H2,(H2,5,7,9)(H2,6,8,10);;/q;2*+1/p-2. The Bertz CT molecular complexity index is 131. The Labute approximate surface area is 126 Å². The van der Waals surface area contributed by atoms with E-state index in [0.29, 0.717) is 13.1 Å². The monoisotopic (exact) mass is 224 g/mol. The van der Waals surface area contributed by atoms with E-state index in [2.05, 4.69) is 35.9 Å². The Morgan fingerprint density at radius 2 is 1.17 bits per heavy atom. The molecule has 0 saturated carbocycles. The summed E-state index contributed by atoms with van der Waals surface area (Å²) < 4.78 is 0. The molecule has 0 aliphatic heterocycles. The van der Waals surface area contributed by atoms with Crippen LogP contribution in [0.5, 0.6) is 0 Å². The first-order chi connectivity index (χ1) is 4.63. The van der Waals surface area contributed by atoms with E-state index < -0.39 is 10.5 Å². The van der Waals surface area contributed by atoms with Crippen LogP contribution in [0.4, 0.5) is 9.59 Å². The van der Waals surface area contributed by atoms with Crippen molar-refractivity contribution in [1.29, 1.82) is 0 Å². The van der Waals surface area contributed by atoms with Gasteiger partial charge in [-0.15, -0.1) is 0 Å². The molecule has 0 radical (unpaired) electrons. The fourth-order valence-electron chi connectivity index (χ4n) is 0.329. The Hall–Kier alpha value is 1.38. The summed E-state index contributed by atoms with van der Waals surface area (Å²) in [7, 11) is 0. The smallest absolute Gasteiger partial charge is 0.719 e. The van der Waals surface area contributed by atoms with E-state index in [1.54, 1.807) is 0 Å². The van der Waals surface area contributed by atoms with Gasteiger partial charge in [-0.3, -0.25) is 0 Å². The molecule has 0 aromatic rings. The molecule has 0 aliphatic rings. The number of nitrogens with one attached hydrogen (secondary N) is 2. The summed E-state index contributed by atoms with van der Waals surface area (Å²) in [4.78, 5) is 20.1. The number of carbonyl (C=O) groups is 2. The Morgan fingerprint density at radius 1 is 0.917 bits per heavy atom. The zero-order valence-electron chi connectivity index (χ0n) is 7.05. The fraction of sp³-hybridized carbons (Fsp3) is 0.500. The number of hydrogen-bond donors (Lipinski definition) is 2. The van der Waals surface area contributed by atoms with Crippen LogP contribution in [-0.4, -0.2) is 23.6 Å². The van der Waals surface area contributed by atoms with Crippen LogP contribution in [0.3, 0.4) is 0 Å². The first-order valence-electron chi connectivity index (χ1n) is 2.52. The van der Waals surface area contributed by atoms with E-state index in [1.807, 2.05) is 0 Å². The third kappa shape index (κ3) is 17.5. The van der Waals surface area contributed by atoms with E-state index in [9.17, 15) is 9.59 Å². The van der Waals surface area contributed by atoms with Crippen LogP contribution in [0.15, 0.2) is 0 Å². The quantitative estimate of drug-likeness (QED) is 0.284. The molecular formula is C4H6N2Na2O2S2. The van der Waals surface area contributed by atoms with Crippen molar-refractivity contribution in [2.24, 2.45) is 0 Å². The van der Waals surface area contributed by atoms with E-state index in [4.69, 9.17) is 0 Å². The molecule has 0 heterocycles. The predicted octanol–water partition coefficient (Wildman–Crippen LogP) is -6.49. The van der Waals surface area contributed by atoms with Crippen LogP contribution >= 0.6 is 0 Å². The molecule has 0 aliphatic carbocycles. The summed E-state index contributed by atoms with van der Waals surface area (Å²) in [5.41, 5.74) is 0. The van der Waals surface area contributed by atoms with Gasteiger partial charge in [-0.2, -0.15) is 0 Å². The van der Waals surface area contributed by atoms with Crippen LogP contribution in [0.2, 0.25) is 0 Å². The number of carbonyl (C=O) groups excluding carboxylic acids is 2. The van der Waals surface area contributed by atoms with Crippen molar-refractivity contribution in [3.05, 3.63) is 0 Å². The van der Waals surface area contributed by atoms with Crippen molar-refractivity contribution >= 4 is 35.7 Å². The Morgan fingerprint density at radius 3 is 1.33 bits per heavy atom. The van der Waals surface area contributed by atoms with Gasteiger partial charge in [0.2, 0.25) is 0 Å². The van der Waals surface area contributed by atoms with Gasteiger partial charge in [-0.25, -0.2) is 0 Å². The number of rotatable bonds is 3. The minimum atomic E-state index is -0.529.